The molecule has 1 atom stereocenters. The number of nitrogens with one attached hydrogen (secondary N) is 1. The van der Waals surface area contributed by atoms with E-state index in [2.05, 4.69) is 10.3 Å². The van der Waals surface area contributed by atoms with Gasteiger partial charge in [-0.15, -0.1) is 0 Å². The molecule has 6 heteroatoms. The van der Waals surface area contributed by atoms with E-state index < -0.39 is 12.0 Å². The number of methoxy groups -OCH3 is 1. The smallest absolute Gasteiger partial charge is 0.330 e. The van der Waals surface area contributed by atoms with Crippen molar-refractivity contribution in [1.82, 2.24) is 5.32 Å². The number of aliphatic carboxylic acids is 1. The van der Waals surface area contributed by atoms with Crippen molar-refractivity contribution >= 4 is 29.1 Å². The molecule has 1 unspecified atom stereocenters. The third-order valence-corrected chi connectivity index (χ3v) is 3.75. The number of benzene rings is 2. The van der Waals surface area contributed by atoms with Crippen molar-refractivity contribution < 1.29 is 14.6 Å². The number of fused-ring (bicyclic) bond motifs is 1. The molecular formula is C16H13ClN2O3. The molecule has 0 spiro atoms. The summed E-state index contributed by atoms with van der Waals surface area (Å²) in [6.45, 7) is 0. The number of hydrogen-bond donors (Lipinski definition) is 2. The zero-order chi connectivity index (χ0) is 15.7. The largest absolute Gasteiger partial charge is 0.497 e. The van der Waals surface area contributed by atoms with Gasteiger partial charge in [-0.2, -0.15) is 0 Å². The lowest BCUT2D eigenvalue weighted by Crippen LogP contribution is -2.36. The quantitative estimate of drug-likeness (QED) is 0.912. The van der Waals surface area contributed by atoms with E-state index in [1.54, 1.807) is 37.4 Å². The van der Waals surface area contributed by atoms with Crippen LogP contribution in [0, 0.1) is 0 Å². The summed E-state index contributed by atoms with van der Waals surface area (Å²) in [7, 11) is 1.59. The first-order chi connectivity index (χ1) is 10.6. The van der Waals surface area contributed by atoms with Gasteiger partial charge in [-0.3, -0.25) is 0 Å². The molecule has 1 aliphatic heterocycles. The van der Waals surface area contributed by atoms with Crippen molar-refractivity contribution in [3.05, 3.63) is 58.6 Å². The minimum atomic E-state index is -0.982. The molecule has 2 aromatic rings. The zero-order valence-corrected chi connectivity index (χ0v) is 12.5. The number of rotatable bonds is 3. The monoisotopic (exact) mass is 316 g/mol. The molecule has 3 rings (SSSR count). The van der Waals surface area contributed by atoms with Crippen molar-refractivity contribution in [3.63, 3.8) is 0 Å². The molecule has 0 saturated heterocycles. The molecule has 112 valence electrons. The Morgan fingerprint density at radius 1 is 1.27 bits per heavy atom. The summed E-state index contributed by atoms with van der Waals surface area (Å²) in [4.78, 5) is 16.0. The van der Waals surface area contributed by atoms with Gasteiger partial charge in [0.1, 0.15) is 11.6 Å². The van der Waals surface area contributed by atoms with Crippen molar-refractivity contribution in [2.75, 3.05) is 7.11 Å². The number of carboxylic acids is 1. The number of hydrogen-bond acceptors (Lipinski definition) is 4. The summed E-state index contributed by atoms with van der Waals surface area (Å²) in [6.07, 6.45) is 0. The second-order valence-electron chi connectivity index (χ2n) is 4.78. The number of carbonyl (C=O) groups is 1. The summed E-state index contributed by atoms with van der Waals surface area (Å²) in [5, 5.41) is 12.8. The van der Waals surface area contributed by atoms with Gasteiger partial charge in [-0.05, 0) is 30.3 Å². The van der Waals surface area contributed by atoms with Gasteiger partial charge in [0.15, 0.2) is 6.04 Å². The van der Waals surface area contributed by atoms with E-state index in [0.717, 1.165) is 5.56 Å². The van der Waals surface area contributed by atoms with Crippen LogP contribution in [0.1, 0.15) is 17.2 Å². The normalized spacial score (nSPS) is 16.3. The van der Waals surface area contributed by atoms with Gasteiger partial charge in [-0.1, -0.05) is 23.7 Å². The molecule has 1 aliphatic rings. The van der Waals surface area contributed by atoms with Gasteiger partial charge >= 0.3 is 5.97 Å². The Bertz CT molecular complexity index is 756. The van der Waals surface area contributed by atoms with E-state index in [9.17, 15) is 9.90 Å². The Balaban J connectivity index is 2.09. The van der Waals surface area contributed by atoms with Gasteiger partial charge in [0.2, 0.25) is 0 Å². The molecule has 0 fully saturated rings. The van der Waals surface area contributed by atoms with Crippen LogP contribution in [-0.4, -0.2) is 24.0 Å². The fourth-order valence-corrected chi connectivity index (χ4v) is 2.56. The zero-order valence-electron chi connectivity index (χ0n) is 11.7. The minimum absolute atomic E-state index is 0.427. The number of carboxylic acid groups (broad SMARTS) is 1. The van der Waals surface area contributed by atoms with Crippen molar-refractivity contribution in [2.45, 2.75) is 6.04 Å². The van der Waals surface area contributed by atoms with Gasteiger partial charge in [-0.25, -0.2) is 9.79 Å². The van der Waals surface area contributed by atoms with E-state index in [1.807, 2.05) is 12.1 Å². The highest BCUT2D eigenvalue weighted by molar-refractivity contribution is 6.33. The van der Waals surface area contributed by atoms with Gasteiger partial charge in [0, 0.05) is 11.1 Å². The first kappa shape index (κ1) is 14.4. The molecule has 5 nitrogen and oxygen atoms in total. The highest BCUT2D eigenvalue weighted by Crippen LogP contribution is 2.36. The van der Waals surface area contributed by atoms with E-state index in [-0.39, 0.29) is 0 Å². The standard InChI is InChI=1S/C16H13ClN2O3/c1-22-10-7-5-9(6-8-10)15-18-13-11(3-2-4-12(13)17)14(19-15)16(20)21/h2-8,14H,1H3,(H,18,19)(H,20,21). The van der Waals surface area contributed by atoms with Crippen LogP contribution in [-0.2, 0) is 4.79 Å². The van der Waals surface area contributed by atoms with E-state index in [1.165, 1.54) is 0 Å². The van der Waals surface area contributed by atoms with Gasteiger partial charge in [0.05, 0.1) is 17.8 Å². The number of halogens is 1. The predicted octanol–water partition coefficient (Wildman–Crippen LogP) is 3.16. The van der Waals surface area contributed by atoms with Crippen LogP contribution in [0.3, 0.4) is 0 Å². The van der Waals surface area contributed by atoms with Crippen LogP contribution in [0.15, 0.2) is 47.5 Å². The molecule has 0 aliphatic carbocycles. The Kier molecular flexibility index (Phi) is 3.73. The summed E-state index contributed by atoms with van der Waals surface area (Å²) in [6, 6.07) is 11.4. The summed E-state index contributed by atoms with van der Waals surface area (Å²) in [5.41, 5.74) is 1.80. The van der Waals surface area contributed by atoms with Crippen LogP contribution in [0.25, 0.3) is 0 Å². The number of aliphatic imine (C=N–C) groups is 1. The Morgan fingerprint density at radius 2 is 2.00 bits per heavy atom. The molecule has 22 heavy (non-hydrogen) atoms. The van der Waals surface area contributed by atoms with Crippen LogP contribution in [0.2, 0.25) is 5.02 Å². The maximum absolute atomic E-state index is 11.5. The average Bonchev–Trinajstić information content (AvgIpc) is 2.54. The molecule has 0 bridgehead atoms. The lowest BCUT2D eigenvalue weighted by Gasteiger charge is -2.24. The number of ether oxygens (including phenoxy) is 1. The Hall–Kier alpha value is -2.53. The summed E-state index contributed by atoms with van der Waals surface area (Å²) < 4.78 is 5.12. The number of nitrogens with zero attached hydrogens (tertiary/aromatic N) is 1. The van der Waals surface area contributed by atoms with Crippen LogP contribution in [0.4, 0.5) is 5.69 Å². The molecule has 0 radical (unpaired) electrons. The third kappa shape index (κ3) is 2.51. The van der Waals surface area contributed by atoms with E-state index in [0.29, 0.717) is 27.9 Å². The third-order valence-electron chi connectivity index (χ3n) is 3.44. The Morgan fingerprint density at radius 3 is 2.64 bits per heavy atom. The van der Waals surface area contributed by atoms with Crippen molar-refractivity contribution in [1.29, 1.82) is 0 Å². The maximum Gasteiger partial charge on any atom is 0.330 e. The highest BCUT2D eigenvalue weighted by Gasteiger charge is 2.29. The molecule has 1 heterocycles. The van der Waals surface area contributed by atoms with Crippen LogP contribution < -0.4 is 10.1 Å². The SMILES string of the molecule is COc1ccc(C2=Nc3c(Cl)cccc3C(C(=O)O)N2)cc1. The first-order valence-corrected chi connectivity index (χ1v) is 6.99. The Labute approximate surface area is 132 Å². The molecule has 2 aromatic carbocycles. The van der Waals surface area contributed by atoms with Crippen molar-refractivity contribution in [3.8, 4) is 5.75 Å². The molecule has 0 amide bonds. The van der Waals surface area contributed by atoms with E-state index >= 15 is 0 Å². The fourth-order valence-electron chi connectivity index (χ4n) is 2.33. The fraction of sp³-hybridized carbons (Fsp3) is 0.125. The maximum atomic E-state index is 11.5. The van der Waals surface area contributed by atoms with E-state index in [4.69, 9.17) is 16.3 Å². The van der Waals surface area contributed by atoms with Crippen LogP contribution in [0.5, 0.6) is 5.75 Å². The minimum Gasteiger partial charge on any atom is -0.497 e. The molecule has 2 N–H and O–H groups in total. The lowest BCUT2D eigenvalue weighted by atomic mass is 10.0. The predicted molar refractivity (Wildman–Crippen MR) is 84.2 cm³/mol. The van der Waals surface area contributed by atoms with Gasteiger partial charge < -0.3 is 15.2 Å². The number of amidine groups is 1. The molecular weight excluding hydrogens is 304 g/mol. The van der Waals surface area contributed by atoms with Crippen molar-refractivity contribution in [2.24, 2.45) is 4.99 Å². The first-order valence-electron chi connectivity index (χ1n) is 6.61. The second-order valence-corrected chi connectivity index (χ2v) is 5.19. The molecule has 0 aromatic heterocycles. The summed E-state index contributed by atoms with van der Waals surface area (Å²) >= 11 is 6.16. The summed E-state index contributed by atoms with van der Waals surface area (Å²) in [5.74, 6) is 0.202. The molecule has 0 saturated carbocycles. The lowest BCUT2D eigenvalue weighted by molar-refractivity contribution is -0.139. The average molecular weight is 317 g/mol. The second kappa shape index (κ2) is 5.69. The van der Waals surface area contributed by atoms with Gasteiger partial charge in [0.25, 0.3) is 0 Å². The highest BCUT2D eigenvalue weighted by atomic mass is 35.5. The van der Waals surface area contributed by atoms with Crippen LogP contribution >= 0.6 is 11.6 Å². The number of para-hydroxylation sites is 1. The topological polar surface area (TPSA) is 70.9 Å².